The van der Waals surface area contributed by atoms with E-state index in [-0.39, 0.29) is 18.9 Å². The fourth-order valence-corrected chi connectivity index (χ4v) is 1.96. The van der Waals surface area contributed by atoms with Crippen LogP contribution < -0.4 is 4.90 Å². The predicted octanol–water partition coefficient (Wildman–Crippen LogP) is 3.46. The average Bonchev–Trinajstić information content (AvgIpc) is 2.37. The fourth-order valence-electron chi connectivity index (χ4n) is 1.57. The van der Waals surface area contributed by atoms with Crippen molar-refractivity contribution in [2.24, 2.45) is 5.92 Å². The summed E-state index contributed by atoms with van der Waals surface area (Å²) in [4.78, 5) is 24.3. The van der Waals surface area contributed by atoms with E-state index in [4.69, 9.17) is 28.3 Å². The number of halogens is 2. The summed E-state index contributed by atoms with van der Waals surface area (Å²) < 4.78 is 0. The van der Waals surface area contributed by atoms with Gasteiger partial charge in [-0.25, -0.2) is 0 Å². The third-order valence-electron chi connectivity index (χ3n) is 2.68. The average molecular weight is 304 g/mol. The number of carboxylic acid groups (broad SMARTS) is 1. The maximum atomic E-state index is 12.0. The molecule has 4 nitrogen and oxygen atoms in total. The molecular weight excluding hydrogens is 289 g/mol. The number of carbonyl (C=O) groups excluding carboxylic acids is 1. The molecule has 0 heterocycles. The number of hydrogen-bond acceptors (Lipinski definition) is 2. The van der Waals surface area contributed by atoms with Crippen molar-refractivity contribution in [2.45, 2.75) is 20.3 Å². The highest BCUT2D eigenvalue weighted by Gasteiger charge is 2.22. The summed E-state index contributed by atoms with van der Waals surface area (Å²) in [6, 6.07) is 4.76. The monoisotopic (exact) mass is 303 g/mol. The van der Waals surface area contributed by atoms with Gasteiger partial charge in [0.2, 0.25) is 5.91 Å². The van der Waals surface area contributed by atoms with Gasteiger partial charge >= 0.3 is 5.97 Å². The van der Waals surface area contributed by atoms with Crippen LogP contribution in [0.1, 0.15) is 20.3 Å². The molecule has 1 aromatic rings. The molecule has 0 saturated carbocycles. The molecule has 0 aliphatic carbocycles. The van der Waals surface area contributed by atoms with E-state index in [1.807, 2.05) is 0 Å². The molecule has 104 valence electrons. The van der Waals surface area contributed by atoms with Gasteiger partial charge in [-0.3, -0.25) is 9.59 Å². The summed E-state index contributed by atoms with van der Waals surface area (Å²) >= 11 is 12.0. The Kier molecular flexibility index (Phi) is 5.63. The zero-order valence-electron chi connectivity index (χ0n) is 10.7. The first kappa shape index (κ1) is 15.8. The van der Waals surface area contributed by atoms with Crippen LogP contribution in [0.25, 0.3) is 0 Å². The molecule has 1 aromatic carbocycles. The number of aliphatic carboxylic acids is 1. The van der Waals surface area contributed by atoms with Crippen LogP contribution in [0.5, 0.6) is 0 Å². The van der Waals surface area contributed by atoms with Crippen molar-refractivity contribution in [1.82, 2.24) is 0 Å². The van der Waals surface area contributed by atoms with Crippen molar-refractivity contribution in [3.8, 4) is 0 Å². The van der Waals surface area contributed by atoms with Gasteiger partial charge in [0, 0.05) is 18.0 Å². The lowest BCUT2D eigenvalue weighted by molar-refractivity contribution is -0.140. The van der Waals surface area contributed by atoms with Gasteiger partial charge in [-0.1, -0.05) is 37.0 Å². The minimum absolute atomic E-state index is 0.0576. The van der Waals surface area contributed by atoms with E-state index in [9.17, 15) is 9.59 Å². The van der Waals surface area contributed by atoms with Crippen LogP contribution in [0.3, 0.4) is 0 Å². The molecule has 1 amide bonds. The summed E-state index contributed by atoms with van der Waals surface area (Å²) in [6.07, 6.45) is 0.259. The van der Waals surface area contributed by atoms with Gasteiger partial charge in [0.05, 0.1) is 16.6 Å². The van der Waals surface area contributed by atoms with Crippen LogP contribution in [0, 0.1) is 5.92 Å². The van der Waals surface area contributed by atoms with Crippen molar-refractivity contribution in [2.75, 3.05) is 11.4 Å². The summed E-state index contributed by atoms with van der Waals surface area (Å²) in [5.41, 5.74) is 0.439. The molecule has 6 heteroatoms. The maximum Gasteiger partial charge on any atom is 0.308 e. The molecule has 1 rings (SSSR count). The first-order chi connectivity index (χ1) is 8.86. The number of benzene rings is 1. The standard InChI is InChI=1S/C13H15Cl2NO3/c1-3-12(17)16(7-8(2)13(18)19)11-6-9(14)4-5-10(11)15/h4-6,8H,3,7H2,1-2H3,(H,18,19). The Morgan fingerprint density at radius 1 is 1.37 bits per heavy atom. The molecule has 0 aromatic heterocycles. The lowest BCUT2D eigenvalue weighted by Gasteiger charge is -2.25. The molecule has 0 aliphatic heterocycles. The van der Waals surface area contributed by atoms with Crippen LogP contribution in [0.2, 0.25) is 10.0 Å². The highest BCUT2D eigenvalue weighted by atomic mass is 35.5. The van der Waals surface area contributed by atoms with Gasteiger partial charge in [-0.05, 0) is 18.2 Å². The highest BCUT2D eigenvalue weighted by molar-refractivity contribution is 6.35. The van der Waals surface area contributed by atoms with Gasteiger partial charge in [0.15, 0.2) is 0 Å². The van der Waals surface area contributed by atoms with Crippen LogP contribution in [0.4, 0.5) is 5.69 Å². The van der Waals surface area contributed by atoms with Crippen LogP contribution in [-0.4, -0.2) is 23.5 Å². The van der Waals surface area contributed by atoms with Crippen molar-refractivity contribution in [3.05, 3.63) is 28.2 Å². The topological polar surface area (TPSA) is 57.6 Å². The van der Waals surface area contributed by atoms with Gasteiger partial charge in [0.25, 0.3) is 0 Å². The Labute approximate surface area is 121 Å². The first-order valence-corrected chi connectivity index (χ1v) is 6.60. The Hall–Kier alpha value is -1.26. The number of carboxylic acids is 1. The van der Waals surface area contributed by atoms with Crippen LogP contribution >= 0.6 is 23.2 Å². The second-order valence-electron chi connectivity index (χ2n) is 4.19. The van der Waals surface area contributed by atoms with Gasteiger partial charge < -0.3 is 10.0 Å². The molecule has 0 spiro atoms. The van der Waals surface area contributed by atoms with Crippen molar-refractivity contribution in [1.29, 1.82) is 0 Å². The number of carbonyl (C=O) groups is 2. The number of amides is 1. The molecule has 0 fully saturated rings. The molecule has 0 aliphatic rings. The zero-order chi connectivity index (χ0) is 14.6. The van der Waals surface area contributed by atoms with Gasteiger partial charge in [-0.2, -0.15) is 0 Å². The Morgan fingerprint density at radius 2 is 2.00 bits per heavy atom. The second-order valence-corrected chi connectivity index (χ2v) is 5.04. The zero-order valence-corrected chi connectivity index (χ0v) is 12.2. The predicted molar refractivity (Wildman–Crippen MR) is 75.9 cm³/mol. The number of hydrogen-bond donors (Lipinski definition) is 1. The molecule has 1 atom stereocenters. The largest absolute Gasteiger partial charge is 0.481 e. The van der Waals surface area contributed by atoms with E-state index in [0.717, 1.165) is 0 Å². The third-order valence-corrected chi connectivity index (χ3v) is 3.24. The minimum atomic E-state index is -0.966. The lowest BCUT2D eigenvalue weighted by Crippen LogP contribution is -2.36. The van der Waals surface area contributed by atoms with E-state index in [0.29, 0.717) is 15.7 Å². The van der Waals surface area contributed by atoms with Crippen LogP contribution in [-0.2, 0) is 9.59 Å². The molecule has 1 N–H and O–H groups in total. The van der Waals surface area contributed by atoms with Gasteiger partial charge in [0.1, 0.15) is 0 Å². The van der Waals surface area contributed by atoms with E-state index in [1.54, 1.807) is 25.1 Å². The number of nitrogens with zero attached hydrogens (tertiary/aromatic N) is 1. The minimum Gasteiger partial charge on any atom is -0.481 e. The number of rotatable bonds is 5. The van der Waals surface area contributed by atoms with Crippen molar-refractivity contribution >= 4 is 40.8 Å². The van der Waals surface area contributed by atoms with Crippen LogP contribution in [0.15, 0.2) is 18.2 Å². The first-order valence-electron chi connectivity index (χ1n) is 5.85. The Balaban J connectivity index is 3.13. The van der Waals surface area contributed by atoms with Gasteiger partial charge in [-0.15, -0.1) is 0 Å². The molecule has 1 unspecified atom stereocenters. The lowest BCUT2D eigenvalue weighted by atomic mass is 10.1. The summed E-state index contributed by atoms with van der Waals surface area (Å²) in [5.74, 6) is -1.85. The molecule has 19 heavy (non-hydrogen) atoms. The normalized spacial score (nSPS) is 12.0. The quantitative estimate of drug-likeness (QED) is 0.906. The van der Waals surface area contributed by atoms with E-state index in [2.05, 4.69) is 0 Å². The maximum absolute atomic E-state index is 12.0. The SMILES string of the molecule is CCC(=O)N(CC(C)C(=O)O)c1cc(Cl)ccc1Cl. The van der Waals surface area contributed by atoms with Crippen molar-refractivity contribution in [3.63, 3.8) is 0 Å². The summed E-state index contributed by atoms with van der Waals surface area (Å²) in [5, 5.41) is 9.76. The second kappa shape index (κ2) is 6.78. The van der Waals surface area contributed by atoms with E-state index >= 15 is 0 Å². The highest BCUT2D eigenvalue weighted by Crippen LogP contribution is 2.30. The smallest absolute Gasteiger partial charge is 0.308 e. The van der Waals surface area contributed by atoms with Crippen molar-refractivity contribution < 1.29 is 14.7 Å². The molecule has 0 bridgehead atoms. The molecular formula is C13H15Cl2NO3. The Morgan fingerprint density at radius 3 is 2.53 bits per heavy atom. The molecule has 0 radical (unpaired) electrons. The van der Waals surface area contributed by atoms with E-state index < -0.39 is 11.9 Å². The number of anilines is 1. The fraction of sp³-hybridized carbons (Fsp3) is 0.385. The molecule has 0 saturated heterocycles. The Bertz CT molecular complexity index is 491. The summed E-state index contributed by atoms with van der Waals surface area (Å²) in [6.45, 7) is 3.30. The third kappa shape index (κ3) is 4.11. The summed E-state index contributed by atoms with van der Waals surface area (Å²) in [7, 11) is 0. The van der Waals surface area contributed by atoms with E-state index in [1.165, 1.54) is 11.8 Å².